The summed E-state index contributed by atoms with van der Waals surface area (Å²) in [5.41, 5.74) is -0.341. The van der Waals surface area contributed by atoms with Gasteiger partial charge in [-0.3, -0.25) is 4.79 Å². The lowest BCUT2D eigenvalue weighted by molar-refractivity contribution is -0.160. The molecule has 2 heterocycles. The lowest BCUT2D eigenvalue weighted by Crippen LogP contribution is -2.57. The van der Waals surface area contributed by atoms with Crippen molar-refractivity contribution < 1.29 is 14.7 Å². The zero-order valence-corrected chi connectivity index (χ0v) is 12.0. The number of likely N-dealkylation sites (tertiary alicyclic amines) is 1. The van der Waals surface area contributed by atoms with Gasteiger partial charge in [0.05, 0.1) is 17.1 Å². The summed E-state index contributed by atoms with van der Waals surface area (Å²) in [7, 11) is 0. The molecule has 0 aliphatic carbocycles. The normalized spacial score (nSPS) is 23.4. The molecule has 1 aliphatic heterocycles. The summed E-state index contributed by atoms with van der Waals surface area (Å²) < 4.78 is 0. The monoisotopic (exact) mass is 282 g/mol. The average molecular weight is 282 g/mol. The molecule has 2 rings (SSSR count). The molecule has 1 aromatic rings. The Balaban J connectivity index is 2.14. The first kappa shape index (κ1) is 14.0. The average Bonchev–Trinajstić information content (AvgIpc) is 2.75. The lowest BCUT2D eigenvalue weighted by Gasteiger charge is -2.41. The quantitative estimate of drug-likeness (QED) is 0.918. The van der Waals surface area contributed by atoms with Gasteiger partial charge in [0.15, 0.2) is 0 Å². The minimum absolute atomic E-state index is 0.144. The van der Waals surface area contributed by atoms with Crippen molar-refractivity contribution in [2.75, 3.05) is 6.54 Å². The van der Waals surface area contributed by atoms with Crippen LogP contribution in [0.2, 0.25) is 0 Å². The number of carbonyl (C=O) groups excluding carboxylic acids is 1. The number of amides is 1. The largest absolute Gasteiger partial charge is 0.480 e. The third kappa shape index (κ3) is 2.78. The van der Waals surface area contributed by atoms with Crippen LogP contribution in [0.1, 0.15) is 36.9 Å². The molecule has 0 spiro atoms. The minimum Gasteiger partial charge on any atom is -0.480 e. The first-order valence-corrected chi connectivity index (χ1v) is 7.26. The predicted octanol–water partition coefficient (Wildman–Crippen LogP) is 1.85. The first-order chi connectivity index (χ1) is 8.93. The van der Waals surface area contributed by atoms with Crippen molar-refractivity contribution in [3.05, 3.63) is 16.1 Å². The molecule has 0 aromatic carbocycles. The van der Waals surface area contributed by atoms with E-state index in [1.54, 1.807) is 6.92 Å². The topological polar surface area (TPSA) is 70.5 Å². The summed E-state index contributed by atoms with van der Waals surface area (Å²) in [5, 5.41) is 12.2. The fourth-order valence-electron chi connectivity index (χ4n) is 2.48. The van der Waals surface area contributed by atoms with E-state index in [1.807, 2.05) is 12.3 Å². The number of hydrogen-bond acceptors (Lipinski definition) is 4. The fraction of sp³-hybridized carbons (Fsp3) is 0.615. The van der Waals surface area contributed by atoms with Crippen molar-refractivity contribution in [3.63, 3.8) is 0 Å². The first-order valence-electron chi connectivity index (χ1n) is 6.38. The van der Waals surface area contributed by atoms with Gasteiger partial charge in [-0.05, 0) is 33.1 Å². The number of aliphatic carboxylic acids is 1. The molecule has 19 heavy (non-hydrogen) atoms. The van der Waals surface area contributed by atoms with Crippen LogP contribution in [0, 0.1) is 6.92 Å². The third-order valence-corrected chi connectivity index (χ3v) is 4.47. The maximum absolute atomic E-state index is 12.3. The van der Waals surface area contributed by atoms with Crippen molar-refractivity contribution in [3.8, 4) is 0 Å². The third-order valence-electron chi connectivity index (χ3n) is 3.65. The second-order valence-corrected chi connectivity index (χ2v) is 6.18. The minimum atomic E-state index is -1.07. The summed E-state index contributed by atoms with van der Waals surface area (Å²) >= 11 is 1.50. The van der Waals surface area contributed by atoms with E-state index in [0.29, 0.717) is 13.0 Å². The number of aryl methyl sites for hydroxylation is 1. The highest BCUT2D eigenvalue weighted by molar-refractivity contribution is 7.09. The van der Waals surface area contributed by atoms with E-state index in [2.05, 4.69) is 4.98 Å². The Bertz CT molecular complexity index is 500. The molecular formula is C13H18N2O3S. The van der Waals surface area contributed by atoms with E-state index < -0.39 is 11.5 Å². The van der Waals surface area contributed by atoms with Gasteiger partial charge in [-0.25, -0.2) is 9.78 Å². The van der Waals surface area contributed by atoms with E-state index in [-0.39, 0.29) is 12.3 Å². The molecule has 0 bridgehead atoms. The number of carboxylic acids is 1. The van der Waals surface area contributed by atoms with Crippen molar-refractivity contribution in [2.24, 2.45) is 0 Å². The number of nitrogens with zero attached hydrogens (tertiary/aromatic N) is 2. The van der Waals surface area contributed by atoms with Gasteiger partial charge in [-0.1, -0.05) is 0 Å². The van der Waals surface area contributed by atoms with Crippen molar-refractivity contribution >= 4 is 23.2 Å². The highest BCUT2D eigenvalue weighted by atomic mass is 32.1. The van der Waals surface area contributed by atoms with E-state index in [1.165, 1.54) is 16.2 Å². The molecule has 1 saturated heterocycles. The molecule has 1 amide bonds. The second-order valence-electron chi connectivity index (χ2n) is 5.12. The summed E-state index contributed by atoms with van der Waals surface area (Å²) in [6, 6.07) is 0. The van der Waals surface area contributed by atoms with Gasteiger partial charge < -0.3 is 10.0 Å². The van der Waals surface area contributed by atoms with Gasteiger partial charge in [0, 0.05) is 11.9 Å². The smallest absolute Gasteiger partial charge is 0.329 e. The Morgan fingerprint density at radius 3 is 2.84 bits per heavy atom. The number of carboxylic acid groups (broad SMARTS) is 1. The number of thiazole rings is 1. The van der Waals surface area contributed by atoms with Crippen LogP contribution in [-0.4, -0.2) is 39.0 Å². The highest BCUT2D eigenvalue weighted by Gasteiger charge is 2.43. The molecule has 1 aromatic heterocycles. The predicted molar refractivity (Wildman–Crippen MR) is 72.2 cm³/mol. The van der Waals surface area contributed by atoms with Crippen molar-refractivity contribution in [2.45, 2.75) is 45.1 Å². The fourth-order valence-corrected chi connectivity index (χ4v) is 3.10. The Morgan fingerprint density at radius 1 is 1.53 bits per heavy atom. The summed E-state index contributed by atoms with van der Waals surface area (Å²) in [6.45, 7) is 4.05. The Kier molecular flexibility index (Phi) is 3.89. The molecular weight excluding hydrogens is 264 g/mol. The summed E-state index contributed by atoms with van der Waals surface area (Å²) in [4.78, 5) is 29.5. The van der Waals surface area contributed by atoms with Crippen LogP contribution in [0.5, 0.6) is 0 Å². The summed E-state index contributed by atoms with van der Waals surface area (Å²) in [5.74, 6) is -1.06. The van der Waals surface area contributed by atoms with Crippen LogP contribution in [0.15, 0.2) is 5.38 Å². The van der Waals surface area contributed by atoms with Crippen LogP contribution >= 0.6 is 11.3 Å². The number of piperidine rings is 1. The molecule has 104 valence electrons. The Morgan fingerprint density at radius 2 is 2.26 bits per heavy atom. The van der Waals surface area contributed by atoms with E-state index in [4.69, 9.17) is 0 Å². The summed E-state index contributed by atoms with van der Waals surface area (Å²) in [6.07, 6.45) is 2.42. The van der Waals surface area contributed by atoms with E-state index in [9.17, 15) is 14.7 Å². The zero-order chi connectivity index (χ0) is 14.0. The number of aromatic nitrogens is 1. The van der Waals surface area contributed by atoms with E-state index >= 15 is 0 Å². The number of hydrogen-bond donors (Lipinski definition) is 1. The molecule has 0 saturated carbocycles. The zero-order valence-electron chi connectivity index (χ0n) is 11.2. The molecule has 5 nitrogen and oxygen atoms in total. The van der Waals surface area contributed by atoms with Crippen molar-refractivity contribution in [1.29, 1.82) is 0 Å². The highest BCUT2D eigenvalue weighted by Crippen LogP contribution is 2.29. The van der Waals surface area contributed by atoms with E-state index in [0.717, 1.165) is 23.5 Å². The Labute approximate surface area is 116 Å². The standard InChI is InChI=1S/C13H18N2O3S/c1-9-14-10(8-19-9)7-11(16)15-6-4-3-5-13(15,2)12(17)18/h8H,3-7H2,1-2H3,(H,17,18). The van der Waals surface area contributed by atoms with Crippen LogP contribution in [0.4, 0.5) is 0 Å². The van der Waals surface area contributed by atoms with Crippen LogP contribution < -0.4 is 0 Å². The second kappa shape index (κ2) is 5.28. The maximum Gasteiger partial charge on any atom is 0.329 e. The Hall–Kier alpha value is -1.43. The molecule has 1 N–H and O–H groups in total. The van der Waals surface area contributed by atoms with Gasteiger partial charge in [0.25, 0.3) is 0 Å². The van der Waals surface area contributed by atoms with Crippen LogP contribution in [0.25, 0.3) is 0 Å². The molecule has 1 atom stereocenters. The molecule has 1 fully saturated rings. The maximum atomic E-state index is 12.3. The van der Waals surface area contributed by atoms with Crippen LogP contribution in [-0.2, 0) is 16.0 Å². The molecule has 1 unspecified atom stereocenters. The molecule has 6 heteroatoms. The van der Waals surface area contributed by atoms with Gasteiger partial charge >= 0.3 is 5.97 Å². The van der Waals surface area contributed by atoms with Crippen LogP contribution in [0.3, 0.4) is 0 Å². The molecule has 0 radical (unpaired) electrons. The molecule has 1 aliphatic rings. The van der Waals surface area contributed by atoms with Gasteiger partial charge in [0.1, 0.15) is 5.54 Å². The number of rotatable bonds is 3. The van der Waals surface area contributed by atoms with Gasteiger partial charge in [-0.15, -0.1) is 11.3 Å². The SMILES string of the molecule is Cc1nc(CC(=O)N2CCCCC2(C)C(=O)O)cs1. The number of carbonyl (C=O) groups is 2. The lowest BCUT2D eigenvalue weighted by atomic mass is 9.88. The van der Waals surface area contributed by atoms with Gasteiger partial charge in [-0.2, -0.15) is 0 Å². The van der Waals surface area contributed by atoms with Crippen molar-refractivity contribution in [1.82, 2.24) is 9.88 Å². The van der Waals surface area contributed by atoms with Gasteiger partial charge in [0.2, 0.25) is 5.91 Å².